The average molecular weight is 192 g/mol. The normalized spacial score (nSPS) is 32.9. The van der Waals surface area contributed by atoms with E-state index in [1.54, 1.807) is 0 Å². The smallest absolute Gasteiger partial charge is 0.0853 e. The molecule has 0 aliphatic carbocycles. The standard InChI is InChI=1S/C12H16O2/c1-9-7-11(13)8-12(14-9)10-5-3-2-4-6-10/h2-6,9,11-13H,7-8H2,1H3/t9-,11+,12-/m0/s1. The summed E-state index contributed by atoms with van der Waals surface area (Å²) in [4.78, 5) is 0. The van der Waals surface area contributed by atoms with Gasteiger partial charge in [0.1, 0.15) is 0 Å². The van der Waals surface area contributed by atoms with Crippen LogP contribution < -0.4 is 0 Å². The second-order valence-electron chi connectivity index (χ2n) is 3.97. The summed E-state index contributed by atoms with van der Waals surface area (Å²) in [5.41, 5.74) is 1.16. The van der Waals surface area contributed by atoms with E-state index in [0.29, 0.717) is 6.42 Å². The van der Waals surface area contributed by atoms with Crippen LogP contribution in [0.4, 0.5) is 0 Å². The second kappa shape index (κ2) is 4.11. The Hall–Kier alpha value is -0.860. The van der Waals surface area contributed by atoms with E-state index in [1.807, 2.05) is 25.1 Å². The summed E-state index contributed by atoms with van der Waals surface area (Å²) in [6.45, 7) is 2.01. The molecule has 2 heteroatoms. The predicted molar refractivity (Wildman–Crippen MR) is 55.0 cm³/mol. The Balaban J connectivity index is 2.11. The highest BCUT2D eigenvalue weighted by molar-refractivity contribution is 5.18. The van der Waals surface area contributed by atoms with Crippen molar-refractivity contribution in [2.45, 2.75) is 38.1 Å². The van der Waals surface area contributed by atoms with Crippen LogP contribution >= 0.6 is 0 Å². The highest BCUT2D eigenvalue weighted by Gasteiger charge is 2.26. The van der Waals surface area contributed by atoms with Gasteiger partial charge in [0, 0.05) is 6.42 Å². The van der Waals surface area contributed by atoms with Gasteiger partial charge in [-0.15, -0.1) is 0 Å². The highest BCUT2D eigenvalue weighted by atomic mass is 16.5. The van der Waals surface area contributed by atoms with Crippen molar-refractivity contribution in [3.63, 3.8) is 0 Å². The molecule has 2 rings (SSSR count). The first kappa shape index (κ1) is 9.69. The van der Waals surface area contributed by atoms with Crippen molar-refractivity contribution in [2.75, 3.05) is 0 Å². The van der Waals surface area contributed by atoms with E-state index in [9.17, 15) is 5.11 Å². The minimum atomic E-state index is -0.219. The monoisotopic (exact) mass is 192 g/mol. The number of aliphatic hydroxyl groups is 1. The van der Waals surface area contributed by atoms with Crippen LogP contribution in [0.1, 0.15) is 31.4 Å². The molecular formula is C12H16O2. The van der Waals surface area contributed by atoms with E-state index in [1.165, 1.54) is 0 Å². The first-order chi connectivity index (χ1) is 6.75. The third-order valence-electron chi connectivity index (χ3n) is 2.66. The van der Waals surface area contributed by atoms with Crippen molar-refractivity contribution < 1.29 is 9.84 Å². The summed E-state index contributed by atoms with van der Waals surface area (Å²) < 4.78 is 5.78. The van der Waals surface area contributed by atoms with Crippen LogP contribution in [0.5, 0.6) is 0 Å². The summed E-state index contributed by atoms with van der Waals surface area (Å²) in [5.74, 6) is 0. The molecule has 0 radical (unpaired) electrons. The molecule has 76 valence electrons. The molecule has 0 amide bonds. The third-order valence-corrected chi connectivity index (χ3v) is 2.66. The van der Waals surface area contributed by atoms with E-state index in [2.05, 4.69) is 12.1 Å². The van der Waals surface area contributed by atoms with Gasteiger partial charge in [0.05, 0.1) is 18.3 Å². The Morgan fingerprint density at radius 2 is 1.93 bits per heavy atom. The zero-order chi connectivity index (χ0) is 9.97. The summed E-state index contributed by atoms with van der Waals surface area (Å²) in [7, 11) is 0. The van der Waals surface area contributed by atoms with Crippen molar-refractivity contribution in [1.29, 1.82) is 0 Å². The van der Waals surface area contributed by atoms with Crippen LogP contribution in [0, 0.1) is 0 Å². The van der Waals surface area contributed by atoms with E-state index in [0.717, 1.165) is 12.0 Å². The molecule has 1 N–H and O–H groups in total. The maximum absolute atomic E-state index is 9.63. The van der Waals surface area contributed by atoms with Crippen LogP contribution in [0.15, 0.2) is 30.3 Å². The van der Waals surface area contributed by atoms with Crippen LogP contribution in [0.2, 0.25) is 0 Å². The third kappa shape index (κ3) is 2.14. The molecule has 1 aliphatic rings. The van der Waals surface area contributed by atoms with Gasteiger partial charge in [0.25, 0.3) is 0 Å². The molecule has 1 aliphatic heterocycles. The van der Waals surface area contributed by atoms with Gasteiger partial charge in [0.15, 0.2) is 0 Å². The van der Waals surface area contributed by atoms with E-state index < -0.39 is 0 Å². The van der Waals surface area contributed by atoms with Crippen LogP contribution in [0.3, 0.4) is 0 Å². The zero-order valence-corrected chi connectivity index (χ0v) is 8.39. The Kier molecular flexibility index (Phi) is 2.85. The van der Waals surface area contributed by atoms with E-state index in [4.69, 9.17) is 4.74 Å². The van der Waals surface area contributed by atoms with Gasteiger partial charge >= 0.3 is 0 Å². The first-order valence-electron chi connectivity index (χ1n) is 5.14. The fourth-order valence-electron chi connectivity index (χ4n) is 2.00. The molecule has 1 fully saturated rings. The largest absolute Gasteiger partial charge is 0.393 e. The molecule has 0 unspecified atom stereocenters. The van der Waals surface area contributed by atoms with Crippen molar-refractivity contribution in [1.82, 2.24) is 0 Å². The summed E-state index contributed by atoms with van der Waals surface area (Å²) in [6, 6.07) is 10.1. The van der Waals surface area contributed by atoms with Gasteiger partial charge in [-0.25, -0.2) is 0 Å². The molecular weight excluding hydrogens is 176 g/mol. The topological polar surface area (TPSA) is 29.5 Å². The maximum Gasteiger partial charge on any atom is 0.0853 e. The summed E-state index contributed by atoms with van der Waals surface area (Å²) >= 11 is 0. The Morgan fingerprint density at radius 3 is 2.57 bits per heavy atom. The van der Waals surface area contributed by atoms with Gasteiger partial charge in [-0.05, 0) is 18.9 Å². The van der Waals surface area contributed by atoms with Crippen molar-refractivity contribution in [3.8, 4) is 0 Å². The Morgan fingerprint density at radius 1 is 1.21 bits per heavy atom. The average Bonchev–Trinajstić information content (AvgIpc) is 2.18. The number of ether oxygens (including phenoxy) is 1. The summed E-state index contributed by atoms with van der Waals surface area (Å²) in [5, 5.41) is 9.63. The Labute approximate surface area is 84.5 Å². The van der Waals surface area contributed by atoms with E-state index in [-0.39, 0.29) is 18.3 Å². The molecule has 0 aromatic heterocycles. The van der Waals surface area contributed by atoms with Crippen molar-refractivity contribution >= 4 is 0 Å². The number of hydrogen-bond acceptors (Lipinski definition) is 2. The van der Waals surface area contributed by atoms with Crippen LogP contribution in [0.25, 0.3) is 0 Å². The molecule has 1 heterocycles. The number of benzene rings is 1. The molecule has 1 saturated heterocycles. The molecule has 14 heavy (non-hydrogen) atoms. The maximum atomic E-state index is 9.63. The number of rotatable bonds is 1. The quantitative estimate of drug-likeness (QED) is 0.739. The van der Waals surface area contributed by atoms with Gasteiger partial charge in [-0.2, -0.15) is 0 Å². The minimum Gasteiger partial charge on any atom is -0.393 e. The zero-order valence-electron chi connectivity index (χ0n) is 8.39. The first-order valence-corrected chi connectivity index (χ1v) is 5.14. The fourth-order valence-corrected chi connectivity index (χ4v) is 2.00. The van der Waals surface area contributed by atoms with Crippen LogP contribution in [-0.4, -0.2) is 17.3 Å². The second-order valence-corrected chi connectivity index (χ2v) is 3.97. The van der Waals surface area contributed by atoms with E-state index >= 15 is 0 Å². The fraction of sp³-hybridized carbons (Fsp3) is 0.500. The molecule has 1 aromatic rings. The van der Waals surface area contributed by atoms with Gasteiger partial charge in [-0.1, -0.05) is 30.3 Å². The minimum absolute atomic E-state index is 0.0648. The highest BCUT2D eigenvalue weighted by Crippen LogP contribution is 2.30. The van der Waals surface area contributed by atoms with Gasteiger partial charge in [-0.3, -0.25) is 0 Å². The number of hydrogen-bond donors (Lipinski definition) is 1. The van der Waals surface area contributed by atoms with Gasteiger partial charge in [0.2, 0.25) is 0 Å². The lowest BCUT2D eigenvalue weighted by molar-refractivity contribution is -0.0895. The molecule has 0 bridgehead atoms. The van der Waals surface area contributed by atoms with Crippen LogP contribution in [-0.2, 0) is 4.74 Å². The lowest BCUT2D eigenvalue weighted by atomic mass is 9.97. The number of aliphatic hydroxyl groups excluding tert-OH is 1. The lowest BCUT2D eigenvalue weighted by Crippen LogP contribution is -2.29. The molecule has 0 spiro atoms. The van der Waals surface area contributed by atoms with Gasteiger partial charge < -0.3 is 9.84 Å². The Bertz CT molecular complexity index is 274. The lowest BCUT2D eigenvalue weighted by Gasteiger charge is -2.31. The van der Waals surface area contributed by atoms with Crippen molar-refractivity contribution in [2.24, 2.45) is 0 Å². The predicted octanol–water partition coefficient (Wildman–Crippen LogP) is 2.29. The molecule has 1 aromatic carbocycles. The molecule has 2 nitrogen and oxygen atoms in total. The van der Waals surface area contributed by atoms with Crippen molar-refractivity contribution in [3.05, 3.63) is 35.9 Å². The SMILES string of the molecule is C[C@H]1C[C@@H](O)C[C@@H](c2ccccc2)O1. The summed E-state index contributed by atoms with van der Waals surface area (Å²) in [6.07, 6.45) is 1.47. The molecule has 0 saturated carbocycles. The molecule has 3 atom stereocenters.